The third kappa shape index (κ3) is 3.88. The topological polar surface area (TPSA) is 76.4 Å². The van der Waals surface area contributed by atoms with Crippen LogP contribution in [0.5, 0.6) is 0 Å². The second kappa shape index (κ2) is 6.62. The summed E-state index contributed by atoms with van der Waals surface area (Å²) in [5.74, 6) is 0. The molecule has 0 bridgehead atoms. The highest BCUT2D eigenvalue weighted by molar-refractivity contribution is 7.80. The average Bonchev–Trinajstić information content (AvgIpc) is 2.92. The highest BCUT2D eigenvalue weighted by Gasteiger charge is 2.15. The number of nitro benzene ring substituents is 1. The molecule has 6 nitrogen and oxygen atoms in total. The van der Waals surface area contributed by atoms with E-state index in [0.717, 1.165) is 25.0 Å². The minimum absolute atomic E-state index is 0.0417. The first-order valence-corrected chi connectivity index (χ1v) is 6.88. The van der Waals surface area contributed by atoms with Gasteiger partial charge in [0.1, 0.15) is 0 Å². The normalized spacial score (nSPS) is 17.8. The third-order valence-electron chi connectivity index (χ3n) is 3.19. The number of nitrogens with zero attached hydrogens (tertiary/aromatic N) is 1. The average molecular weight is 295 g/mol. The van der Waals surface area contributed by atoms with Crippen LogP contribution in [0, 0.1) is 17.0 Å². The number of thiocarbonyl (C=S) groups is 1. The van der Waals surface area contributed by atoms with Crippen LogP contribution in [-0.4, -0.2) is 29.3 Å². The van der Waals surface area contributed by atoms with Gasteiger partial charge in [0.05, 0.1) is 11.0 Å². The Morgan fingerprint density at radius 3 is 3.05 bits per heavy atom. The van der Waals surface area contributed by atoms with E-state index >= 15 is 0 Å². The number of aryl methyl sites for hydroxylation is 1. The summed E-state index contributed by atoms with van der Waals surface area (Å²) >= 11 is 5.19. The molecule has 1 aromatic rings. The van der Waals surface area contributed by atoms with Crippen LogP contribution in [0.3, 0.4) is 0 Å². The Kier molecular flexibility index (Phi) is 4.86. The van der Waals surface area contributed by atoms with E-state index in [2.05, 4.69) is 10.6 Å². The molecule has 0 radical (unpaired) electrons. The van der Waals surface area contributed by atoms with Crippen molar-refractivity contribution in [2.24, 2.45) is 0 Å². The van der Waals surface area contributed by atoms with Crippen molar-refractivity contribution in [1.29, 1.82) is 0 Å². The summed E-state index contributed by atoms with van der Waals surface area (Å²) in [4.78, 5) is 10.3. The number of nitrogens with one attached hydrogen (secondary N) is 2. The lowest BCUT2D eigenvalue weighted by Crippen LogP contribution is -2.35. The molecule has 20 heavy (non-hydrogen) atoms. The van der Waals surface area contributed by atoms with Gasteiger partial charge in [0.25, 0.3) is 5.69 Å². The van der Waals surface area contributed by atoms with Crippen LogP contribution in [0.1, 0.15) is 18.4 Å². The number of rotatable bonds is 4. The van der Waals surface area contributed by atoms with Crippen molar-refractivity contribution in [2.75, 3.05) is 18.5 Å². The standard InChI is InChI=1S/C13H17N3O3S/c1-9-4-5-10(16(17)18)7-12(9)15-13(20)14-8-11-3-2-6-19-11/h4-5,7,11H,2-3,6,8H2,1H3,(H2,14,15,20)/t11-/m1/s1. The molecule has 0 aromatic heterocycles. The van der Waals surface area contributed by atoms with Crippen LogP contribution in [0.2, 0.25) is 0 Å². The first kappa shape index (κ1) is 14.7. The fourth-order valence-electron chi connectivity index (χ4n) is 2.04. The summed E-state index contributed by atoms with van der Waals surface area (Å²) < 4.78 is 5.49. The van der Waals surface area contributed by atoms with Crippen molar-refractivity contribution in [1.82, 2.24) is 5.32 Å². The Morgan fingerprint density at radius 2 is 2.40 bits per heavy atom. The number of hydrogen-bond donors (Lipinski definition) is 2. The maximum Gasteiger partial charge on any atom is 0.271 e. The van der Waals surface area contributed by atoms with Crippen molar-refractivity contribution in [3.05, 3.63) is 33.9 Å². The van der Waals surface area contributed by atoms with Crippen molar-refractivity contribution in [3.8, 4) is 0 Å². The molecular weight excluding hydrogens is 278 g/mol. The molecule has 0 amide bonds. The van der Waals surface area contributed by atoms with Crippen LogP contribution < -0.4 is 10.6 Å². The Morgan fingerprint density at radius 1 is 1.60 bits per heavy atom. The number of hydrogen-bond acceptors (Lipinski definition) is 4. The monoisotopic (exact) mass is 295 g/mol. The minimum Gasteiger partial charge on any atom is -0.376 e. The first-order valence-electron chi connectivity index (χ1n) is 6.48. The molecule has 1 aliphatic heterocycles. The van der Waals surface area contributed by atoms with Gasteiger partial charge in [-0.15, -0.1) is 0 Å². The quantitative estimate of drug-likeness (QED) is 0.504. The summed E-state index contributed by atoms with van der Waals surface area (Å²) in [6.07, 6.45) is 2.31. The molecule has 0 saturated carbocycles. The molecule has 0 spiro atoms. The molecular formula is C13H17N3O3S. The molecule has 7 heteroatoms. The highest BCUT2D eigenvalue weighted by Crippen LogP contribution is 2.21. The Hall–Kier alpha value is -1.73. The van der Waals surface area contributed by atoms with Crippen molar-refractivity contribution in [3.63, 3.8) is 0 Å². The van der Waals surface area contributed by atoms with E-state index in [0.29, 0.717) is 17.3 Å². The number of benzene rings is 1. The smallest absolute Gasteiger partial charge is 0.271 e. The van der Waals surface area contributed by atoms with E-state index in [4.69, 9.17) is 17.0 Å². The van der Waals surface area contributed by atoms with E-state index < -0.39 is 4.92 Å². The molecule has 1 atom stereocenters. The molecule has 0 unspecified atom stereocenters. The van der Waals surface area contributed by atoms with Gasteiger partial charge in [-0.25, -0.2) is 0 Å². The van der Waals surface area contributed by atoms with Crippen molar-refractivity contribution < 1.29 is 9.66 Å². The van der Waals surface area contributed by atoms with Gasteiger partial charge in [-0.2, -0.15) is 0 Å². The Labute approximate surface area is 122 Å². The molecule has 0 aliphatic carbocycles. The predicted molar refractivity (Wildman–Crippen MR) is 81.0 cm³/mol. The Bertz CT molecular complexity index is 516. The zero-order valence-electron chi connectivity index (χ0n) is 11.2. The number of anilines is 1. The van der Waals surface area contributed by atoms with Gasteiger partial charge in [-0.3, -0.25) is 10.1 Å². The van der Waals surface area contributed by atoms with E-state index in [-0.39, 0.29) is 11.8 Å². The van der Waals surface area contributed by atoms with Gasteiger partial charge < -0.3 is 15.4 Å². The molecule has 1 aromatic carbocycles. The van der Waals surface area contributed by atoms with E-state index in [1.54, 1.807) is 6.07 Å². The lowest BCUT2D eigenvalue weighted by molar-refractivity contribution is -0.384. The van der Waals surface area contributed by atoms with Crippen molar-refractivity contribution in [2.45, 2.75) is 25.9 Å². The molecule has 1 aliphatic rings. The van der Waals surface area contributed by atoms with Gasteiger partial charge in [-0.1, -0.05) is 6.07 Å². The third-order valence-corrected chi connectivity index (χ3v) is 3.44. The summed E-state index contributed by atoms with van der Waals surface area (Å²) in [5.41, 5.74) is 1.58. The Balaban J connectivity index is 1.92. The van der Waals surface area contributed by atoms with Gasteiger partial charge in [0.15, 0.2) is 5.11 Å². The predicted octanol–water partition coefficient (Wildman–Crippen LogP) is 2.37. The summed E-state index contributed by atoms with van der Waals surface area (Å²) in [6.45, 7) is 3.32. The number of ether oxygens (including phenoxy) is 1. The molecule has 2 N–H and O–H groups in total. The second-order valence-electron chi connectivity index (χ2n) is 4.73. The lowest BCUT2D eigenvalue weighted by atomic mass is 10.2. The van der Waals surface area contributed by atoms with Crippen LogP contribution in [-0.2, 0) is 4.74 Å². The van der Waals surface area contributed by atoms with Crippen LogP contribution in [0.15, 0.2) is 18.2 Å². The maximum atomic E-state index is 10.8. The summed E-state index contributed by atoms with van der Waals surface area (Å²) in [6, 6.07) is 4.65. The zero-order chi connectivity index (χ0) is 14.5. The van der Waals surface area contributed by atoms with Gasteiger partial charge in [-0.05, 0) is 37.5 Å². The van der Waals surface area contributed by atoms with E-state index in [1.165, 1.54) is 12.1 Å². The number of nitro groups is 1. The molecule has 1 heterocycles. The maximum absolute atomic E-state index is 10.8. The van der Waals surface area contributed by atoms with Gasteiger partial charge >= 0.3 is 0 Å². The van der Waals surface area contributed by atoms with Gasteiger partial charge in [0, 0.05) is 31.0 Å². The highest BCUT2D eigenvalue weighted by atomic mass is 32.1. The fourth-order valence-corrected chi connectivity index (χ4v) is 2.23. The van der Waals surface area contributed by atoms with E-state index in [1.807, 2.05) is 6.92 Å². The summed E-state index contributed by atoms with van der Waals surface area (Å²) in [5, 5.41) is 17.3. The molecule has 1 saturated heterocycles. The second-order valence-corrected chi connectivity index (χ2v) is 5.13. The minimum atomic E-state index is -0.423. The first-order chi connectivity index (χ1) is 9.56. The molecule has 108 valence electrons. The SMILES string of the molecule is Cc1ccc([N+](=O)[O-])cc1NC(=S)NC[C@H]1CCCO1. The lowest BCUT2D eigenvalue weighted by Gasteiger charge is -2.15. The largest absolute Gasteiger partial charge is 0.376 e. The van der Waals surface area contributed by atoms with Gasteiger partial charge in [0.2, 0.25) is 0 Å². The molecule has 1 fully saturated rings. The van der Waals surface area contributed by atoms with Crippen molar-refractivity contribution >= 4 is 28.7 Å². The fraction of sp³-hybridized carbons (Fsp3) is 0.462. The number of non-ortho nitro benzene ring substituents is 1. The summed E-state index contributed by atoms with van der Waals surface area (Å²) in [7, 11) is 0. The van der Waals surface area contributed by atoms with Crippen LogP contribution in [0.4, 0.5) is 11.4 Å². The van der Waals surface area contributed by atoms with E-state index in [9.17, 15) is 10.1 Å². The van der Waals surface area contributed by atoms with Crippen LogP contribution in [0.25, 0.3) is 0 Å². The molecule has 2 rings (SSSR count). The van der Waals surface area contributed by atoms with Crippen LogP contribution >= 0.6 is 12.2 Å². The zero-order valence-corrected chi connectivity index (χ0v) is 12.0.